The van der Waals surface area contributed by atoms with Gasteiger partial charge in [0.1, 0.15) is 23.9 Å². The van der Waals surface area contributed by atoms with Crippen molar-refractivity contribution < 1.29 is 23.7 Å². The van der Waals surface area contributed by atoms with Gasteiger partial charge in [0.25, 0.3) is 5.91 Å². The lowest BCUT2D eigenvalue weighted by Gasteiger charge is -2.36. The molecule has 0 spiro atoms. The summed E-state index contributed by atoms with van der Waals surface area (Å²) in [5.41, 5.74) is 8.52. The number of hydrogen-bond donors (Lipinski definition) is 3. The zero-order valence-electron chi connectivity index (χ0n) is 23.6. The van der Waals surface area contributed by atoms with E-state index in [4.69, 9.17) is 24.7 Å². The van der Waals surface area contributed by atoms with Crippen LogP contribution in [0.15, 0.2) is 90.3 Å². The van der Waals surface area contributed by atoms with E-state index in [1.54, 1.807) is 0 Å². The van der Waals surface area contributed by atoms with Gasteiger partial charge < -0.3 is 29.6 Å². The van der Waals surface area contributed by atoms with Gasteiger partial charge in [0.15, 0.2) is 6.29 Å². The minimum atomic E-state index is -0.912. The second kappa shape index (κ2) is 12.9. The molecule has 0 saturated carbocycles. The predicted molar refractivity (Wildman–Crippen MR) is 163 cm³/mol. The molecule has 4 N–H and O–H groups in total. The molecule has 1 fully saturated rings. The SMILES string of the molecule is C[C@@]1(OCc2ccccc2)[C@H](OCc2ccccc2)[C@@H](COCC2C=CC=CC2)O[C@H]1c1scc2c1NC(N)NC2=O. The maximum atomic E-state index is 12.7. The van der Waals surface area contributed by atoms with E-state index < -0.39 is 30.2 Å². The Morgan fingerprint density at radius 1 is 1.00 bits per heavy atom. The standard InChI is InChI=1S/C33H37N3O5S/c1-33(40-19-24-15-9-4-10-16-24)29(39-18-23-13-7-3-8-14-23)26(20-38-17-22-11-5-2-6-12-22)41-30(33)28-27-25(21-42-28)31(37)36-32(34)35-27/h2-11,13-16,21-22,26,29-30,32,35H,12,17-20,34H2,1H3,(H,36,37)/t22?,26-,29-,30+,32?,33-/m1/s1. The maximum absolute atomic E-state index is 12.7. The second-order valence-corrected chi connectivity index (χ2v) is 12.0. The Labute approximate surface area is 250 Å². The Kier molecular flexibility index (Phi) is 8.85. The molecule has 0 radical (unpaired) electrons. The van der Waals surface area contributed by atoms with Crippen molar-refractivity contribution in [2.75, 3.05) is 18.5 Å². The highest BCUT2D eigenvalue weighted by Crippen LogP contribution is 2.51. The lowest BCUT2D eigenvalue weighted by Crippen LogP contribution is -2.51. The second-order valence-electron chi connectivity index (χ2n) is 11.1. The number of fused-ring (bicyclic) bond motifs is 1. The summed E-state index contributed by atoms with van der Waals surface area (Å²) in [6.07, 6.45) is 7.30. The maximum Gasteiger partial charge on any atom is 0.256 e. The van der Waals surface area contributed by atoms with Crippen molar-refractivity contribution in [3.63, 3.8) is 0 Å². The van der Waals surface area contributed by atoms with Crippen molar-refractivity contribution in [3.05, 3.63) is 112 Å². The molecule has 6 atom stereocenters. The molecule has 3 heterocycles. The van der Waals surface area contributed by atoms with E-state index in [1.807, 2.05) is 73.0 Å². The third kappa shape index (κ3) is 6.22. The molecule has 2 aromatic carbocycles. The molecule has 0 bridgehead atoms. The van der Waals surface area contributed by atoms with Crippen LogP contribution < -0.4 is 16.4 Å². The third-order valence-electron chi connectivity index (χ3n) is 7.97. The Morgan fingerprint density at radius 3 is 2.45 bits per heavy atom. The molecule has 2 aliphatic heterocycles. The highest BCUT2D eigenvalue weighted by atomic mass is 32.1. The lowest BCUT2D eigenvalue weighted by molar-refractivity contribution is -0.147. The topological polar surface area (TPSA) is 104 Å². The van der Waals surface area contributed by atoms with Crippen LogP contribution in [-0.2, 0) is 32.2 Å². The van der Waals surface area contributed by atoms with E-state index in [1.165, 1.54) is 11.3 Å². The summed E-state index contributed by atoms with van der Waals surface area (Å²) in [5, 5.41) is 7.80. The van der Waals surface area contributed by atoms with Gasteiger partial charge in [-0.05, 0) is 24.5 Å². The van der Waals surface area contributed by atoms with Crippen molar-refractivity contribution in [2.24, 2.45) is 11.7 Å². The zero-order valence-corrected chi connectivity index (χ0v) is 24.4. The van der Waals surface area contributed by atoms with E-state index in [0.717, 1.165) is 22.4 Å². The molecule has 6 rings (SSSR count). The van der Waals surface area contributed by atoms with Gasteiger partial charge in [0, 0.05) is 11.3 Å². The number of benzene rings is 2. The highest BCUT2D eigenvalue weighted by Gasteiger charge is 2.57. The third-order valence-corrected chi connectivity index (χ3v) is 9.00. The lowest BCUT2D eigenvalue weighted by atomic mass is 9.90. The van der Waals surface area contributed by atoms with Crippen molar-refractivity contribution in [1.29, 1.82) is 0 Å². The fourth-order valence-electron chi connectivity index (χ4n) is 5.74. The average Bonchev–Trinajstić information content (AvgIpc) is 3.55. The van der Waals surface area contributed by atoms with Gasteiger partial charge in [0.05, 0.1) is 42.6 Å². The molecular formula is C33H37N3O5S. The summed E-state index contributed by atoms with van der Waals surface area (Å²) in [4.78, 5) is 13.6. The first-order valence-electron chi connectivity index (χ1n) is 14.4. The summed E-state index contributed by atoms with van der Waals surface area (Å²) in [5.74, 6) is 0.111. The van der Waals surface area contributed by atoms with Crippen molar-refractivity contribution >= 4 is 22.9 Å². The van der Waals surface area contributed by atoms with Gasteiger partial charge in [0.2, 0.25) is 0 Å². The molecule has 1 saturated heterocycles. The van der Waals surface area contributed by atoms with Crippen molar-refractivity contribution in [3.8, 4) is 0 Å². The Balaban J connectivity index is 1.31. The van der Waals surface area contributed by atoms with Crippen LogP contribution >= 0.6 is 11.3 Å². The molecular weight excluding hydrogens is 550 g/mol. The Hall–Kier alpha value is -3.31. The number of carbonyl (C=O) groups is 1. The normalized spacial score (nSPS) is 28.3. The fraction of sp³-hybridized carbons (Fsp3) is 0.364. The molecule has 2 unspecified atom stereocenters. The molecule has 3 aliphatic rings. The van der Waals surface area contributed by atoms with E-state index in [9.17, 15) is 4.79 Å². The van der Waals surface area contributed by atoms with Crippen LogP contribution in [0.1, 0.15) is 45.8 Å². The van der Waals surface area contributed by atoms with Gasteiger partial charge in [-0.25, -0.2) is 0 Å². The fourth-order valence-corrected chi connectivity index (χ4v) is 6.91. The first-order chi connectivity index (χ1) is 20.5. The van der Waals surface area contributed by atoms with Crippen molar-refractivity contribution in [1.82, 2.24) is 5.32 Å². The number of allylic oxidation sites excluding steroid dienone is 3. The average molecular weight is 588 g/mol. The summed E-state index contributed by atoms with van der Waals surface area (Å²) in [6, 6.07) is 20.1. The summed E-state index contributed by atoms with van der Waals surface area (Å²) in [6.45, 7) is 3.74. The van der Waals surface area contributed by atoms with Crippen LogP contribution in [0.3, 0.4) is 0 Å². The van der Waals surface area contributed by atoms with Gasteiger partial charge in [-0.15, -0.1) is 11.3 Å². The first-order valence-corrected chi connectivity index (χ1v) is 15.2. The number of amides is 1. The predicted octanol–water partition coefficient (Wildman–Crippen LogP) is 5.30. The summed E-state index contributed by atoms with van der Waals surface area (Å²) < 4.78 is 26.6. The van der Waals surface area contributed by atoms with Crippen LogP contribution in [0.25, 0.3) is 0 Å². The number of hydrogen-bond acceptors (Lipinski definition) is 8. The quantitative estimate of drug-likeness (QED) is 0.280. The first kappa shape index (κ1) is 28.8. The Morgan fingerprint density at radius 2 is 1.74 bits per heavy atom. The molecule has 3 aromatic rings. The van der Waals surface area contributed by atoms with Gasteiger partial charge in [-0.2, -0.15) is 0 Å². The minimum Gasteiger partial charge on any atom is -0.378 e. The van der Waals surface area contributed by atoms with E-state index in [2.05, 4.69) is 34.9 Å². The van der Waals surface area contributed by atoms with Gasteiger partial charge in [-0.1, -0.05) is 85.0 Å². The van der Waals surface area contributed by atoms with Crippen LogP contribution in [0.5, 0.6) is 0 Å². The van der Waals surface area contributed by atoms with Gasteiger partial charge >= 0.3 is 0 Å². The number of ether oxygens (including phenoxy) is 4. The zero-order chi connectivity index (χ0) is 28.9. The number of carbonyl (C=O) groups excluding carboxylic acids is 1. The summed E-state index contributed by atoms with van der Waals surface area (Å²) >= 11 is 1.46. The number of nitrogens with two attached hydrogens (primary N) is 1. The van der Waals surface area contributed by atoms with Gasteiger partial charge in [-0.3, -0.25) is 10.5 Å². The highest BCUT2D eigenvalue weighted by molar-refractivity contribution is 7.11. The van der Waals surface area contributed by atoms with Crippen LogP contribution in [0, 0.1) is 5.92 Å². The van der Waals surface area contributed by atoms with Crippen LogP contribution in [-0.4, -0.2) is 43.2 Å². The Bertz CT molecular complexity index is 1410. The molecule has 9 heteroatoms. The molecule has 1 aliphatic carbocycles. The molecule has 220 valence electrons. The molecule has 1 amide bonds. The van der Waals surface area contributed by atoms with E-state index >= 15 is 0 Å². The largest absolute Gasteiger partial charge is 0.378 e. The minimum absolute atomic E-state index is 0.213. The summed E-state index contributed by atoms with van der Waals surface area (Å²) in [7, 11) is 0. The molecule has 1 aromatic heterocycles. The number of anilines is 1. The number of thiophene rings is 1. The molecule has 8 nitrogen and oxygen atoms in total. The number of rotatable bonds is 11. The van der Waals surface area contributed by atoms with Crippen LogP contribution in [0.4, 0.5) is 5.69 Å². The molecule has 42 heavy (non-hydrogen) atoms. The van der Waals surface area contributed by atoms with Crippen LogP contribution in [0.2, 0.25) is 0 Å². The van der Waals surface area contributed by atoms with Crippen molar-refractivity contribution in [2.45, 2.75) is 56.8 Å². The van der Waals surface area contributed by atoms with E-state index in [0.29, 0.717) is 43.6 Å². The smallest absolute Gasteiger partial charge is 0.256 e. The monoisotopic (exact) mass is 587 g/mol. The number of nitrogens with one attached hydrogen (secondary N) is 2. The van der Waals surface area contributed by atoms with E-state index in [-0.39, 0.29) is 5.91 Å².